The molecule has 1 saturated heterocycles. The summed E-state index contributed by atoms with van der Waals surface area (Å²) in [6, 6.07) is 17.5. The molecular weight excluding hydrogens is 438 g/mol. The SMILES string of the molecule is Fc1ccc(COc2c(Cl)cc(Cl)cc2C=Nc2ccc(N3CCOCC3)cc2)cc1. The van der Waals surface area contributed by atoms with Crippen LogP contribution in [0, 0.1) is 5.82 Å². The van der Waals surface area contributed by atoms with Crippen molar-refractivity contribution in [3.05, 3.63) is 87.7 Å². The summed E-state index contributed by atoms with van der Waals surface area (Å²) in [5.41, 5.74) is 3.44. The summed E-state index contributed by atoms with van der Waals surface area (Å²) < 4.78 is 24.4. The van der Waals surface area contributed by atoms with E-state index in [2.05, 4.69) is 22.0 Å². The van der Waals surface area contributed by atoms with Gasteiger partial charge in [0, 0.05) is 35.6 Å². The summed E-state index contributed by atoms with van der Waals surface area (Å²) in [6.45, 7) is 3.51. The number of halogens is 3. The first kappa shape index (κ1) is 21.6. The lowest BCUT2D eigenvalue weighted by Crippen LogP contribution is -2.36. The van der Waals surface area contributed by atoms with Gasteiger partial charge >= 0.3 is 0 Å². The van der Waals surface area contributed by atoms with Crippen molar-refractivity contribution in [2.24, 2.45) is 4.99 Å². The van der Waals surface area contributed by atoms with Gasteiger partial charge in [-0.25, -0.2) is 4.39 Å². The van der Waals surface area contributed by atoms with Crippen LogP contribution in [-0.4, -0.2) is 32.5 Å². The third-order valence-electron chi connectivity index (χ3n) is 4.91. The Bertz CT molecular complexity index is 1050. The lowest BCUT2D eigenvalue weighted by molar-refractivity contribution is 0.122. The molecule has 0 N–H and O–H groups in total. The molecule has 0 saturated carbocycles. The van der Waals surface area contributed by atoms with Crippen LogP contribution < -0.4 is 9.64 Å². The highest BCUT2D eigenvalue weighted by Crippen LogP contribution is 2.33. The van der Waals surface area contributed by atoms with Crippen LogP contribution in [0.2, 0.25) is 10.0 Å². The highest BCUT2D eigenvalue weighted by Gasteiger charge is 2.12. The van der Waals surface area contributed by atoms with Crippen LogP contribution in [0.25, 0.3) is 0 Å². The van der Waals surface area contributed by atoms with Gasteiger partial charge in [0.2, 0.25) is 0 Å². The van der Waals surface area contributed by atoms with Gasteiger partial charge < -0.3 is 14.4 Å². The standard InChI is InChI=1S/C24H21Cl2FN2O2/c25-19-13-18(24(23(26)14-19)31-16-17-1-3-20(27)4-2-17)15-28-21-5-7-22(8-6-21)29-9-11-30-12-10-29/h1-8,13-15H,9-12,16H2. The van der Waals surface area contributed by atoms with Crippen molar-refractivity contribution in [3.63, 3.8) is 0 Å². The Morgan fingerprint density at radius 2 is 1.71 bits per heavy atom. The van der Waals surface area contributed by atoms with Gasteiger partial charge in [0.05, 0.1) is 23.9 Å². The maximum Gasteiger partial charge on any atom is 0.147 e. The molecule has 4 nitrogen and oxygen atoms in total. The van der Waals surface area contributed by atoms with Crippen LogP contribution >= 0.6 is 23.2 Å². The van der Waals surface area contributed by atoms with Gasteiger partial charge in [0.15, 0.2) is 0 Å². The van der Waals surface area contributed by atoms with E-state index in [9.17, 15) is 4.39 Å². The predicted molar refractivity (Wildman–Crippen MR) is 124 cm³/mol. The van der Waals surface area contributed by atoms with Crippen LogP contribution in [0.1, 0.15) is 11.1 Å². The Balaban J connectivity index is 1.50. The van der Waals surface area contributed by atoms with Crippen molar-refractivity contribution in [3.8, 4) is 5.75 Å². The molecule has 160 valence electrons. The molecular formula is C24H21Cl2FN2O2. The van der Waals surface area contributed by atoms with Crippen LogP contribution in [0.4, 0.5) is 15.8 Å². The van der Waals surface area contributed by atoms with E-state index in [0.717, 1.165) is 43.2 Å². The van der Waals surface area contributed by atoms with Crippen molar-refractivity contribution in [2.75, 3.05) is 31.2 Å². The summed E-state index contributed by atoms with van der Waals surface area (Å²) in [6.07, 6.45) is 1.68. The van der Waals surface area contributed by atoms with Gasteiger partial charge in [0.1, 0.15) is 18.2 Å². The second-order valence-corrected chi connectivity index (χ2v) is 7.94. The molecule has 0 radical (unpaired) electrons. The number of hydrogen-bond donors (Lipinski definition) is 0. The summed E-state index contributed by atoms with van der Waals surface area (Å²) in [7, 11) is 0. The maximum atomic E-state index is 13.1. The molecule has 1 heterocycles. The fourth-order valence-electron chi connectivity index (χ4n) is 3.28. The molecule has 0 amide bonds. The molecule has 0 aromatic heterocycles. The van der Waals surface area contributed by atoms with E-state index in [1.165, 1.54) is 12.1 Å². The number of morpholine rings is 1. The van der Waals surface area contributed by atoms with Crippen molar-refractivity contribution < 1.29 is 13.9 Å². The highest BCUT2D eigenvalue weighted by atomic mass is 35.5. The molecule has 1 aliphatic heterocycles. The first-order valence-corrected chi connectivity index (χ1v) is 10.7. The molecule has 1 aliphatic rings. The third kappa shape index (κ3) is 5.76. The lowest BCUT2D eigenvalue weighted by Gasteiger charge is -2.28. The van der Waals surface area contributed by atoms with Crippen LogP contribution in [0.15, 0.2) is 65.7 Å². The maximum absolute atomic E-state index is 13.1. The van der Waals surface area contributed by atoms with Crippen molar-refractivity contribution in [1.29, 1.82) is 0 Å². The van der Waals surface area contributed by atoms with Gasteiger partial charge in [-0.15, -0.1) is 0 Å². The fourth-order valence-corrected chi connectivity index (χ4v) is 3.84. The Morgan fingerprint density at radius 1 is 1.00 bits per heavy atom. The van der Waals surface area contributed by atoms with E-state index in [-0.39, 0.29) is 12.4 Å². The summed E-state index contributed by atoms with van der Waals surface area (Å²) in [4.78, 5) is 6.84. The quantitative estimate of drug-likeness (QED) is 0.406. The summed E-state index contributed by atoms with van der Waals surface area (Å²) >= 11 is 12.6. The molecule has 0 bridgehead atoms. The smallest absolute Gasteiger partial charge is 0.147 e. The lowest BCUT2D eigenvalue weighted by atomic mass is 10.2. The molecule has 4 rings (SSSR count). The van der Waals surface area contributed by atoms with E-state index >= 15 is 0 Å². The summed E-state index contributed by atoms with van der Waals surface area (Å²) in [5, 5.41) is 0.877. The number of benzene rings is 3. The van der Waals surface area contributed by atoms with Crippen molar-refractivity contribution >= 4 is 40.8 Å². The Labute approximate surface area is 190 Å². The van der Waals surface area contributed by atoms with Crippen molar-refractivity contribution in [2.45, 2.75) is 6.61 Å². The van der Waals surface area contributed by atoms with E-state index < -0.39 is 0 Å². The predicted octanol–water partition coefficient (Wildman–Crippen LogP) is 6.30. The number of hydrogen-bond acceptors (Lipinski definition) is 4. The first-order chi connectivity index (χ1) is 15.1. The van der Waals surface area contributed by atoms with Gasteiger partial charge in [-0.05, 0) is 54.1 Å². The van der Waals surface area contributed by atoms with E-state index in [1.54, 1.807) is 30.5 Å². The third-order valence-corrected chi connectivity index (χ3v) is 5.41. The molecule has 31 heavy (non-hydrogen) atoms. The monoisotopic (exact) mass is 458 g/mol. The first-order valence-electron chi connectivity index (χ1n) is 9.91. The van der Waals surface area contributed by atoms with Crippen LogP contribution in [-0.2, 0) is 11.3 Å². The van der Waals surface area contributed by atoms with Gasteiger partial charge in [0.25, 0.3) is 0 Å². The average Bonchev–Trinajstić information content (AvgIpc) is 2.79. The minimum Gasteiger partial charge on any atom is -0.487 e. The Hall–Kier alpha value is -2.60. The fraction of sp³-hybridized carbons (Fsp3) is 0.208. The topological polar surface area (TPSA) is 34.1 Å². The minimum atomic E-state index is -0.291. The van der Waals surface area contributed by atoms with E-state index in [4.69, 9.17) is 32.7 Å². The molecule has 0 aliphatic carbocycles. The number of rotatable bonds is 6. The normalized spacial score (nSPS) is 14.2. The van der Waals surface area contributed by atoms with E-state index in [0.29, 0.717) is 21.4 Å². The largest absolute Gasteiger partial charge is 0.487 e. The molecule has 3 aromatic carbocycles. The second kappa shape index (κ2) is 10.1. The zero-order valence-corrected chi connectivity index (χ0v) is 18.2. The second-order valence-electron chi connectivity index (χ2n) is 7.10. The average molecular weight is 459 g/mol. The van der Waals surface area contributed by atoms with E-state index in [1.807, 2.05) is 12.1 Å². The number of anilines is 1. The summed E-state index contributed by atoms with van der Waals surface area (Å²) in [5.74, 6) is 0.185. The van der Waals surface area contributed by atoms with Crippen LogP contribution in [0.3, 0.4) is 0 Å². The van der Waals surface area contributed by atoms with Gasteiger partial charge in [-0.2, -0.15) is 0 Å². The molecule has 7 heteroatoms. The number of nitrogens with zero attached hydrogens (tertiary/aromatic N) is 2. The molecule has 0 atom stereocenters. The zero-order valence-electron chi connectivity index (χ0n) is 16.7. The molecule has 1 fully saturated rings. The highest BCUT2D eigenvalue weighted by molar-refractivity contribution is 6.36. The number of aliphatic imine (C=N–C) groups is 1. The molecule has 0 spiro atoms. The Morgan fingerprint density at radius 3 is 2.42 bits per heavy atom. The molecule has 3 aromatic rings. The van der Waals surface area contributed by atoms with Gasteiger partial charge in [-0.1, -0.05) is 35.3 Å². The van der Waals surface area contributed by atoms with Crippen LogP contribution in [0.5, 0.6) is 5.75 Å². The zero-order chi connectivity index (χ0) is 21.6. The Kier molecular flexibility index (Phi) is 7.07. The number of ether oxygens (including phenoxy) is 2. The van der Waals surface area contributed by atoms with Crippen molar-refractivity contribution in [1.82, 2.24) is 0 Å². The molecule has 0 unspecified atom stereocenters. The minimum absolute atomic E-state index is 0.247. The van der Waals surface area contributed by atoms with Gasteiger partial charge in [-0.3, -0.25) is 4.99 Å².